The fourth-order valence-electron chi connectivity index (χ4n) is 2.63. The van der Waals surface area contributed by atoms with Gasteiger partial charge in [0.05, 0.1) is 11.6 Å². The van der Waals surface area contributed by atoms with Crippen molar-refractivity contribution >= 4 is 45.0 Å². The van der Waals surface area contributed by atoms with Crippen LogP contribution >= 0.6 is 11.3 Å². The zero-order valence-corrected chi connectivity index (χ0v) is 13.8. The summed E-state index contributed by atoms with van der Waals surface area (Å²) in [6.45, 7) is 2.40. The number of rotatable bonds is 3. The molecule has 0 bridgehead atoms. The molecule has 24 heavy (non-hydrogen) atoms. The Kier molecular flexibility index (Phi) is 3.66. The number of furan rings is 1. The van der Waals surface area contributed by atoms with E-state index in [0.29, 0.717) is 12.2 Å². The Labute approximate surface area is 142 Å². The van der Waals surface area contributed by atoms with E-state index in [2.05, 4.69) is 15.6 Å². The zero-order valence-electron chi connectivity index (χ0n) is 13.0. The third-order valence-corrected chi connectivity index (χ3v) is 4.64. The van der Waals surface area contributed by atoms with Crippen LogP contribution in [0.4, 0.5) is 10.5 Å². The monoisotopic (exact) mass is 337 g/mol. The number of para-hydroxylation sites is 1. The smallest absolute Gasteiger partial charge is 0.319 e. The predicted molar refractivity (Wildman–Crippen MR) is 96.4 cm³/mol. The molecule has 4 aromatic rings. The number of nitrogens with zero attached hydrogens (tertiary/aromatic N) is 1. The summed E-state index contributed by atoms with van der Waals surface area (Å²) >= 11 is 1.57. The van der Waals surface area contributed by atoms with Crippen molar-refractivity contribution in [3.05, 3.63) is 58.5 Å². The van der Waals surface area contributed by atoms with E-state index in [9.17, 15) is 4.79 Å². The van der Waals surface area contributed by atoms with E-state index in [1.54, 1.807) is 17.5 Å². The topological polar surface area (TPSA) is 67.2 Å². The molecule has 2 N–H and O–H groups in total. The second-order valence-corrected chi connectivity index (χ2v) is 6.78. The van der Waals surface area contributed by atoms with Crippen molar-refractivity contribution in [2.75, 3.05) is 5.32 Å². The summed E-state index contributed by atoms with van der Waals surface area (Å²) in [7, 11) is 0. The Bertz CT molecular complexity index is 1040. The van der Waals surface area contributed by atoms with E-state index < -0.39 is 0 Å². The maximum absolute atomic E-state index is 12.0. The maximum Gasteiger partial charge on any atom is 0.319 e. The summed E-state index contributed by atoms with van der Waals surface area (Å²) in [6, 6.07) is 13.3. The fourth-order valence-corrected chi connectivity index (χ4v) is 3.37. The summed E-state index contributed by atoms with van der Waals surface area (Å²) in [4.78, 5) is 17.2. The number of hydrogen-bond acceptors (Lipinski definition) is 4. The Hall–Kier alpha value is -2.86. The number of thiazole rings is 1. The minimum atomic E-state index is -0.253. The van der Waals surface area contributed by atoms with Crippen LogP contribution in [0, 0.1) is 6.92 Å². The molecule has 4 rings (SSSR count). The Morgan fingerprint density at radius 3 is 2.83 bits per heavy atom. The first kappa shape index (κ1) is 14.7. The van der Waals surface area contributed by atoms with Gasteiger partial charge in [0.15, 0.2) is 0 Å². The van der Waals surface area contributed by atoms with Gasteiger partial charge in [-0.2, -0.15) is 0 Å². The summed E-state index contributed by atoms with van der Waals surface area (Å²) < 4.78 is 5.83. The van der Waals surface area contributed by atoms with E-state index in [1.807, 2.05) is 49.4 Å². The SMILES string of the molecule is Cc1ncc(CNC(=O)Nc2ccc3c(c2)oc2ccccc23)s1. The molecule has 2 aromatic heterocycles. The highest BCUT2D eigenvalue weighted by Crippen LogP contribution is 2.30. The van der Waals surface area contributed by atoms with E-state index in [-0.39, 0.29) is 6.03 Å². The molecule has 0 saturated heterocycles. The molecule has 0 aliphatic carbocycles. The molecule has 2 aromatic carbocycles. The van der Waals surface area contributed by atoms with Gasteiger partial charge in [0.25, 0.3) is 0 Å². The molecule has 5 nitrogen and oxygen atoms in total. The molecule has 120 valence electrons. The summed E-state index contributed by atoms with van der Waals surface area (Å²) in [5.74, 6) is 0. The first-order chi connectivity index (χ1) is 11.7. The van der Waals surface area contributed by atoms with Gasteiger partial charge in [-0.1, -0.05) is 18.2 Å². The first-order valence-corrected chi connectivity index (χ1v) is 8.38. The van der Waals surface area contributed by atoms with Crippen LogP contribution in [-0.2, 0) is 6.54 Å². The number of carbonyl (C=O) groups excluding carboxylic acids is 1. The quantitative estimate of drug-likeness (QED) is 0.571. The molecule has 0 atom stereocenters. The van der Waals surface area contributed by atoms with Gasteiger partial charge < -0.3 is 15.1 Å². The molecular weight excluding hydrogens is 322 g/mol. The Morgan fingerprint density at radius 2 is 2.00 bits per heavy atom. The van der Waals surface area contributed by atoms with Gasteiger partial charge in [-0.3, -0.25) is 0 Å². The van der Waals surface area contributed by atoms with E-state index >= 15 is 0 Å². The number of carbonyl (C=O) groups is 1. The number of hydrogen-bond donors (Lipinski definition) is 2. The second-order valence-electron chi connectivity index (χ2n) is 5.46. The number of urea groups is 1. The van der Waals surface area contributed by atoms with Crippen LogP contribution in [0.3, 0.4) is 0 Å². The number of nitrogens with one attached hydrogen (secondary N) is 2. The van der Waals surface area contributed by atoms with Gasteiger partial charge in [0.1, 0.15) is 11.2 Å². The normalized spacial score (nSPS) is 11.0. The number of fused-ring (bicyclic) bond motifs is 3. The average Bonchev–Trinajstić information content (AvgIpc) is 3.15. The molecule has 0 aliphatic heterocycles. The Morgan fingerprint density at radius 1 is 1.17 bits per heavy atom. The van der Waals surface area contributed by atoms with Crippen LogP contribution in [0.5, 0.6) is 0 Å². The molecule has 0 aliphatic rings. The van der Waals surface area contributed by atoms with Crippen LogP contribution in [-0.4, -0.2) is 11.0 Å². The first-order valence-electron chi connectivity index (χ1n) is 7.56. The summed E-state index contributed by atoms with van der Waals surface area (Å²) in [6.07, 6.45) is 1.78. The van der Waals surface area contributed by atoms with Crippen molar-refractivity contribution in [1.29, 1.82) is 0 Å². The number of amides is 2. The number of aromatic nitrogens is 1. The molecule has 2 amide bonds. The van der Waals surface area contributed by atoms with Gasteiger partial charge >= 0.3 is 6.03 Å². The van der Waals surface area contributed by atoms with Gasteiger partial charge in [-0.25, -0.2) is 9.78 Å². The molecule has 0 radical (unpaired) electrons. The summed E-state index contributed by atoms with van der Waals surface area (Å²) in [5.41, 5.74) is 2.29. The van der Waals surface area contributed by atoms with Crippen molar-refractivity contribution in [2.24, 2.45) is 0 Å². The van der Waals surface area contributed by atoms with Crippen LogP contribution < -0.4 is 10.6 Å². The van der Waals surface area contributed by atoms with Crippen LogP contribution in [0.1, 0.15) is 9.88 Å². The van der Waals surface area contributed by atoms with E-state index in [0.717, 1.165) is 31.8 Å². The van der Waals surface area contributed by atoms with Crippen molar-refractivity contribution < 1.29 is 9.21 Å². The van der Waals surface area contributed by atoms with Gasteiger partial charge in [-0.15, -0.1) is 11.3 Å². The van der Waals surface area contributed by atoms with Gasteiger partial charge in [0, 0.05) is 33.6 Å². The third kappa shape index (κ3) is 2.83. The average molecular weight is 337 g/mol. The second kappa shape index (κ2) is 5.98. The van der Waals surface area contributed by atoms with Gasteiger partial charge in [-0.05, 0) is 25.1 Å². The molecule has 0 spiro atoms. The van der Waals surface area contributed by atoms with Gasteiger partial charge in [0.2, 0.25) is 0 Å². The van der Waals surface area contributed by atoms with Crippen molar-refractivity contribution in [3.8, 4) is 0 Å². The van der Waals surface area contributed by atoms with E-state index in [1.165, 1.54) is 0 Å². The lowest BCUT2D eigenvalue weighted by molar-refractivity contribution is 0.252. The largest absolute Gasteiger partial charge is 0.456 e. The standard InChI is InChI=1S/C18H15N3O2S/c1-11-19-9-13(24-11)10-20-18(22)21-12-6-7-15-14-4-2-3-5-16(14)23-17(15)8-12/h2-9H,10H2,1H3,(H2,20,21,22). The highest BCUT2D eigenvalue weighted by atomic mass is 32.1. The van der Waals surface area contributed by atoms with Crippen LogP contribution in [0.15, 0.2) is 53.1 Å². The highest BCUT2D eigenvalue weighted by molar-refractivity contribution is 7.11. The number of aryl methyl sites for hydroxylation is 1. The minimum Gasteiger partial charge on any atom is -0.456 e. The molecular formula is C18H15N3O2S. The molecule has 0 unspecified atom stereocenters. The van der Waals surface area contributed by atoms with Crippen molar-refractivity contribution in [3.63, 3.8) is 0 Å². The lowest BCUT2D eigenvalue weighted by atomic mass is 10.1. The molecule has 0 saturated carbocycles. The summed E-state index contributed by atoms with van der Waals surface area (Å²) in [5, 5.41) is 8.76. The Balaban J connectivity index is 1.49. The van der Waals surface area contributed by atoms with E-state index in [4.69, 9.17) is 4.42 Å². The van der Waals surface area contributed by atoms with Crippen LogP contribution in [0.2, 0.25) is 0 Å². The lowest BCUT2D eigenvalue weighted by Crippen LogP contribution is -2.27. The zero-order chi connectivity index (χ0) is 16.5. The lowest BCUT2D eigenvalue weighted by Gasteiger charge is -2.06. The number of anilines is 1. The third-order valence-electron chi connectivity index (χ3n) is 3.73. The molecule has 0 fully saturated rings. The fraction of sp³-hybridized carbons (Fsp3) is 0.111. The molecule has 6 heteroatoms. The maximum atomic E-state index is 12.0. The predicted octanol–water partition coefficient (Wildman–Crippen LogP) is 4.67. The van der Waals surface area contributed by atoms with Crippen molar-refractivity contribution in [2.45, 2.75) is 13.5 Å². The van der Waals surface area contributed by atoms with Crippen molar-refractivity contribution in [1.82, 2.24) is 10.3 Å². The highest BCUT2D eigenvalue weighted by Gasteiger charge is 2.08. The number of benzene rings is 2. The minimum absolute atomic E-state index is 0.253. The van der Waals surface area contributed by atoms with Crippen LogP contribution in [0.25, 0.3) is 21.9 Å². The molecule has 2 heterocycles.